The number of hydrogen-bond donors (Lipinski definition) is 2. The molecular weight excluding hydrogens is 270 g/mol. The highest BCUT2D eigenvalue weighted by molar-refractivity contribution is 7.99. The first-order valence-corrected chi connectivity index (χ1v) is 6.92. The van der Waals surface area contributed by atoms with Crippen LogP contribution in [0.15, 0.2) is 12.3 Å². The maximum atomic E-state index is 11.1. The molecule has 2 N–H and O–H groups in total. The number of rotatable bonds is 5. The fourth-order valence-electron chi connectivity index (χ4n) is 1.84. The molecule has 19 heavy (non-hydrogen) atoms. The molecule has 1 saturated heterocycles. The van der Waals surface area contributed by atoms with Gasteiger partial charge in [0.25, 0.3) is 5.69 Å². The summed E-state index contributed by atoms with van der Waals surface area (Å²) in [5, 5.41) is 22.6. The highest BCUT2D eigenvalue weighted by Crippen LogP contribution is 2.25. The lowest BCUT2D eigenvalue weighted by Crippen LogP contribution is -2.16. The molecule has 0 saturated carbocycles. The van der Waals surface area contributed by atoms with Crippen LogP contribution in [0, 0.1) is 16.0 Å². The zero-order valence-electron chi connectivity index (χ0n) is 10.0. The van der Waals surface area contributed by atoms with E-state index in [1.54, 1.807) is 0 Å². The van der Waals surface area contributed by atoms with E-state index in [4.69, 9.17) is 5.11 Å². The maximum absolute atomic E-state index is 11.1. The highest BCUT2D eigenvalue weighted by atomic mass is 32.2. The number of nitrogens with zero attached hydrogens (tertiary/aromatic N) is 2. The van der Waals surface area contributed by atoms with Gasteiger partial charge in [-0.1, -0.05) is 0 Å². The number of anilines is 1. The number of carbonyl (C=O) groups is 1. The third-order valence-corrected chi connectivity index (χ3v) is 4.13. The predicted octanol–water partition coefficient (Wildman–Crippen LogP) is 1.85. The second-order valence-corrected chi connectivity index (χ2v) is 5.41. The van der Waals surface area contributed by atoms with E-state index in [1.165, 1.54) is 0 Å². The van der Waals surface area contributed by atoms with Crippen LogP contribution >= 0.6 is 11.8 Å². The Morgan fingerprint density at radius 3 is 3.05 bits per heavy atom. The normalized spacial score (nSPS) is 18.2. The summed E-state index contributed by atoms with van der Waals surface area (Å²) in [7, 11) is 0. The van der Waals surface area contributed by atoms with Gasteiger partial charge in [-0.25, -0.2) is 9.78 Å². The molecule has 2 rings (SSSR count). The van der Waals surface area contributed by atoms with Gasteiger partial charge in [0.1, 0.15) is 17.6 Å². The first-order chi connectivity index (χ1) is 9.08. The van der Waals surface area contributed by atoms with Gasteiger partial charge in [0, 0.05) is 12.6 Å². The highest BCUT2D eigenvalue weighted by Gasteiger charge is 2.20. The zero-order chi connectivity index (χ0) is 13.8. The lowest BCUT2D eigenvalue weighted by molar-refractivity contribution is -0.385. The van der Waals surface area contributed by atoms with Crippen LogP contribution in [0.3, 0.4) is 0 Å². The van der Waals surface area contributed by atoms with Crippen LogP contribution in [-0.2, 0) is 0 Å². The SMILES string of the molecule is O=C(O)c1cc([N+](=O)[O-])cnc1NCC1CCSC1. The Kier molecular flexibility index (Phi) is 4.20. The molecule has 1 aromatic heterocycles. The Morgan fingerprint density at radius 2 is 2.47 bits per heavy atom. The van der Waals surface area contributed by atoms with E-state index < -0.39 is 10.9 Å². The summed E-state index contributed by atoms with van der Waals surface area (Å²) < 4.78 is 0. The molecule has 102 valence electrons. The van der Waals surface area contributed by atoms with Gasteiger partial charge in [-0.05, 0) is 23.8 Å². The minimum Gasteiger partial charge on any atom is -0.478 e. The van der Waals surface area contributed by atoms with E-state index in [1.807, 2.05) is 11.8 Å². The molecule has 0 amide bonds. The summed E-state index contributed by atoms with van der Waals surface area (Å²) in [6.45, 7) is 0.637. The van der Waals surface area contributed by atoms with E-state index in [0.717, 1.165) is 30.2 Å². The Morgan fingerprint density at radius 1 is 1.68 bits per heavy atom. The van der Waals surface area contributed by atoms with Crippen molar-refractivity contribution in [1.29, 1.82) is 0 Å². The summed E-state index contributed by atoms with van der Waals surface area (Å²) in [6, 6.07) is 1.03. The number of nitrogens with one attached hydrogen (secondary N) is 1. The topological polar surface area (TPSA) is 105 Å². The van der Waals surface area contributed by atoms with Crippen molar-refractivity contribution < 1.29 is 14.8 Å². The second kappa shape index (κ2) is 5.87. The van der Waals surface area contributed by atoms with Crippen LogP contribution in [0.2, 0.25) is 0 Å². The van der Waals surface area contributed by atoms with Gasteiger partial charge in [0.15, 0.2) is 0 Å². The van der Waals surface area contributed by atoms with E-state index in [0.29, 0.717) is 12.5 Å². The van der Waals surface area contributed by atoms with Crippen molar-refractivity contribution in [2.75, 3.05) is 23.4 Å². The number of aromatic carboxylic acids is 1. The Labute approximate surface area is 113 Å². The quantitative estimate of drug-likeness (QED) is 0.627. The molecule has 1 fully saturated rings. The summed E-state index contributed by atoms with van der Waals surface area (Å²) in [4.78, 5) is 24.9. The van der Waals surface area contributed by atoms with Crippen LogP contribution in [0.25, 0.3) is 0 Å². The Hall–Kier alpha value is -1.83. The second-order valence-electron chi connectivity index (χ2n) is 4.26. The lowest BCUT2D eigenvalue weighted by atomic mass is 10.1. The molecule has 1 aliphatic heterocycles. The number of nitro groups is 1. The minimum atomic E-state index is -1.22. The fourth-order valence-corrected chi connectivity index (χ4v) is 3.13. The van der Waals surface area contributed by atoms with Crippen molar-refractivity contribution in [2.24, 2.45) is 5.92 Å². The molecule has 1 aliphatic rings. The number of thioether (sulfide) groups is 1. The van der Waals surface area contributed by atoms with Gasteiger partial charge in [-0.3, -0.25) is 10.1 Å². The monoisotopic (exact) mass is 283 g/mol. The maximum Gasteiger partial charge on any atom is 0.339 e. The molecule has 0 aromatic carbocycles. The molecule has 0 aliphatic carbocycles. The molecule has 0 bridgehead atoms. The van der Waals surface area contributed by atoms with E-state index in [2.05, 4.69) is 10.3 Å². The van der Waals surface area contributed by atoms with E-state index in [9.17, 15) is 14.9 Å². The first-order valence-electron chi connectivity index (χ1n) is 5.77. The van der Waals surface area contributed by atoms with Crippen LogP contribution in [0.4, 0.5) is 11.5 Å². The van der Waals surface area contributed by atoms with E-state index in [-0.39, 0.29) is 17.1 Å². The number of aromatic nitrogens is 1. The fraction of sp³-hybridized carbons (Fsp3) is 0.455. The van der Waals surface area contributed by atoms with Gasteiger partial charge in [0.05, 0.1) is 4.92 Å². The Balaban J connectivity index is 2.14. The molecule has 0 spiro atoms. The Bertz CT molecular complexity index is 503. The van der Waals surface area contributed by atoms with Crippen LogP contribution < -0.4 is 5.32 Å². The summed E-state index contributed by atoms with van der Waals surface area (Å²) in [5.74, 6) is 1.62. The summed E-state index contributed by atoms with van der Waals surface area (Å²) >= 11 is 1.87. The average molecular weight is 283 g/mol. The largest absolute Gasteiger partial charge is 0.478 e. The van der Waals surface area contributed by atoms with Gasteiger partial charge >= 0.3 is 5.97 Å². The lowest BCUT2D eigenvalue weighted by Gasteiger charge is -2.12. The average Bonchev–Trinajstić information content (AvgIpc) is 2.89. The van der Waals surface area contributed by atoms with Gasteiger partial charge in [-0.2, -0.15) is 11.8 Å². The molecule has 1 aromatic rings. The standard InChI is InChI=1S/C11H13N3O4S/c15-11(16)9-3-8(14(17)18)5-13-10(9)12-4-7-1-2-19-6-7/h3,5,7H,1-2,4,6H2,(H,12,13)(H,15,16). The summed E-state index contributed by atoms with van der Waals surface area (Å²) in [6.07, 6.45) is 2.16. The predicted molar refractivity (Wildman–Crippen MR) is 71.8 cm³/mol. The molecule has 7 nitrogen and oxygen atoms in total. The van der Waals surface area contributed by atoms with Crippen molar-refractivity contribution >= 4 is 29.2 Å². The number of carboxylic acid groups (broad SMARTS) is 1. The van der Waals surface area contributed by atoms with Crippen LogP contribution in [-0.4, -0.2) is 39.0 Å². The van der Waals surface area contributed by atoms with Crippen molar-refractivity contribution in [3.8, 4) is 0 Å². The van der Waals surface area contributed by atoms with Gasteiger partial charge in [0.2, 0.25) is 0 Å². The third kappa shape index (κ3) is 3.34. The number of pyridine rings is 1. The number of carboxylic acids is 1. The van der Waals surface area contributed by atoms with E-state index >= 15 is 0 Å². The number of hydrogen-bond acceptors (Lipinski definition) is 6. The third-order valence-electron chi connectivity index (χ3n) is 2.90. The van der Waals surface area contributed by atoms with Gasteiger partial charge < -0.3 is 10.4 Å². The van der Waals surface area contributed by atoms with Crippen LogP contribution in [0.1, 0.15) is 16.8 Å². The van der Waals surface area contributed by atoms with Gasteiger partial charge in [-0.15, -0.1) is 0 Å². The van der Waals surface area contributed by atoms with Crippen molar-refractivity contribution in [1.82, 2.24) is 4.98 Å². The molecule has 0 radical (unpaired) electrons. The zero-order valence-corrected chi connectivity index (χ0v) is 10.9. The molecular formula is C11H13N3O4S. The van der Waals surface area contributed by atoms with Crippen molar-refractivity contribution in [2.45, 2.75) is 6.42 Å². The van der Waals surface area contributed by atoms with Crippen molar-refractivity contribution in [3.05, 3.63) is 27.9 Å². The first kappa shape index (κ1) is 13.6. The smallest absolute Gasteiger partial charge is 0.339 e. The molecule has 2 heterocycles. The molecule has 8 heteroatoms. The van der Waals surface area contributed by atoms with Crippen molar-refractivity contribution in [3.63, 3.8) is 0 Å². The molecule has 1 unspecified atom stereocenters. The minimum absolute atomic E-state index is 0.167. The van der Waals surface area contributed by atoms with Crippen LogP contribution in [0.5, 0.6) is 0 Å². The summed E-state index contributed by atoms with van der Waals surface area (Å²) in [5.41, 5.74) is -0.487. The molecule has 1 atom stereocenters.